The molecule has 2 atom stereocenters. The van der Waals surface area contributed by atoms with E-state index in [1.807, 2.05) is 22.7 Å². The Labute approximate surface area is 182 Å². The Bertz CT molecular complexity index is 575. The summed E-state index contributed by atoms with van der Waals surface area (Å²) in [4.78, 5) is 2.63. The van der Waals surface area contributed by atoms with Crippen LogP contribution in [0.5, 0.6) is 0 Å². The lowest BCUT2D eigenvalue weighted by atomic mass is 10.1. The molecule has 0 aliphatic carbocycles. The van der Waals surface area contributed by atoms with E-state index in [2.05, 4.69) is 76.6 Å². The summed E-state index contributed by atoms with van der Waals surface area (Å²) in [5.41, 5.74) is 0. The van der Waals surface area contributed by atoms with E-state index in [0.29, 0.717) is 0 Å². The molecule has 2 unspecified atom stereocenters. The molecule has 0 amide bonds. The lowest BCUT2D eigenvalue weighted by molar-refractivity contribution is 0.0410. The normalized spacial score (nSPS) is 14.9. The highest BCUT2D eigenvalue weighted by atomic mass is 32.1. The van der Waals surface area contributed by atoms with Gasteiger partial charge in [-0.05, 0) is 59.2 Å². The summed E-state index contributed by atoms with van der Waals surface area (Å²) in [5, 5.41) is 4.35. The third-order valence-corrected chi connectivity index (χ3v) is 17.6. The van der Waals surface area contributed by atoms with Crippen molar-refractivity contribution in [2.75, 3.05) is 0 Å². The van der Waals surface area contributed by atoms with Gasteiger partial charge in [0, 0.05) is 9.75 Å². The lowest BCUT2D eigenvalue weighted by Gasteiger charge is -2.40. The smallest absolute Gasteiger partial charge is 0.193 e. The van der Waals surface area contributed by atoms with Gasteiger partial charge < -0.3 is 8.85 Å². The van der Waals surface area contributed by atoms with Crippen molar-refractivity contribution in [2.24, 2.45) is 0 Å². The minimum Gasteiger partial charge on any atom is -0.406 e. The number of thiophene rings is 2. The van der Waals surface area contributed by atoms with Crippen LogP contribution in [0.2, 0.25) is 36.3 Å². The fourth-order valence-electron chi connectivity index (χ4n) is 3.98. The maximum atomic E-state index is 7.15. The van der Waals surface area contributed by atoms with Gasteiger partial charge >= 0.3 is 0 Å². The van der Waals surface area contributed by atoms with Gasteiger partial charge in [0.05, 0.1) is 0 Å². The van der Waals surface area contributed by atoms with Crippen LogP contribution in [0.1, 0.15) is 63.5 Å². The Morgan fingerprint density at radius 3 is 1.18 bits per heavy atom. The van der Waals surface area contributed by atoms with E-state index in [4.69, 9.17) is 8.85 Å². The largest absolute Gasteiger partial charge is 0.406 e. The second-order valence-electron chi connectivity index (χ2n) is 7.60. The van der Waals surface area contributed by atoms with Crippen LogP contribution in [0.4, 0.5) is 0 Å². The maximum absolute atomic E-state index is 7.15. The summed E-state index contributed by atoms with van der Waals surface area (Å²) in [6.07, 6.45) is 0.0309. The molecular formula is C22H38O2S2Si2. The third-order valence-electron chi connectivity index (χ3n) is 6.54. The zero-order valence-corrected chi connectivity index (χ0v) is 22.1. The molecule has 2 rings (SSSR count). The van der Waals surface area contributed by atoms with E-state index in [1.54, 1.807) is 0 Å². The van der Waals surface area contributed by atoms with Crippen LogP contribution in [0.3, 0.4) is 0 Å². The van der Waals surface area contributed by atoms with Gasteiger partial charge in [-0.15, -0.1) is 22.7 Å². The van der Waals surface area contributed by atoms with Crippen molar-refractivity contribution >= 4 is 39.3 Å². The highest BCUT2D eigenvalue weighted by Gasteiger charge is 2.41. The van der Waals surface area contributed by atoms with Gasteiger partial charge in [0.25, 0.3) is 0 Å². The van der Waals surface area contributed by atoms with Crippen molar-refractivity contribution < 1.29 is 8.85 Å². The summed E-state index contributed by atoms with van der Waals surface area (Å²) >= 11 is 3.63. The van der Waals surface area contributed by atoms with Crippen molar-refractivity contribution in [1.29, 1.82) is 0 Å². The molecule has 0 radical (unpaired) electrons. The van der Waals surface area contributed by atoms with Crippen molar-refractivity contribution in [3.8, 4) is 0 Å². The molecule has 0 bridgehead atoms. The van der Waals surface area contributed by atoms with Gasteiger partial charge in [0.15, 0.2) is 16.6 Å². The Hall–Kier alpha value is -0.246. The van der Waals surface area contributed by atoms with Gasteiger partial charge in [-0.2, -0.15) is 0 Å². The average Bonchev–Trinajstić information content (AvgIpc) is 3.46. The van der Waals surface area contributed by atoms with E-state index in [9.17, 15) is 0 Å². The zero-order chi connectivity index (χ0) is 20.6. The van der Waals surface area contributed by atoms with Gasteiger partial charge in [-0.3, -0.25) is 0 Å². The summed E-state index contributed by atoms with van der Waals surface area (Å²) in [7, 11) is -3.54. The van der Waals surface area contributed by atoms with E-state index in [0.717, 1.165) is 36.3 Å². The molecule has 2 aromatic rings. The van der Waals surface area contributed by atoms with Crippen LogP contribution in [-0.2, 0) is 8.85 Å². The molecule has 2 nitrogen and oxygen atoms in total. The molecule has 6 heteroatoms. The highest BCUT2D eigenvalue weighted by molar-refractivity contribution is 7.10. The first-order valence-electron chi connectivity index (χ1n) is 10.9. The van der Waals surface area contributed by atoms with Crippen LogP contribution >= 0.6 is 22.7 Å². The fourth-order valence-corrected chi connectivity index (χ4v) is 11.3. The first-order chi connectivity index (χ1) is 13.5. The van der Waals surface area contributed by atoms with Crippen LogP contribution in [0, 0.1) is 0 Å². The van der Waals surface area contributed by atoms with Crippen molar-refractivity contribution in [1.82, 2.24) is 0 Å². The second-order valence-corrected chi connectivity index (χ2v) is 19.0. The Kier molecular flexibility index (Phi) is 9.64. The quantitative estimate of drug-likeness (QED) is 0.282. The summed E-state index contributed by atoms with van der Waals surface area (Å²) in [6, 6.07) is 15.8. The SMILES string of the molecule is CC[Si](CC)(CC)OC(c1cccs1)C(O[Si](CC)(CC)CC)c1cccs1. The molecule has 28 heavy (non-hydrogen) atoms. The summed E-state index contributed by atoms with van der Waals surface area (Å²) in [6.45, 7) is 13.9. The minimum atomic E-state index is -1.77. The molecule has 0 saturated carbocycles. The van der Waals surface area contributed by atoms with Crippen molar-refractivity contribution in [3.63, 3.8) is 0 Å². The molecule has 158 valence electrons. The van der Waals surface area contributed by atoms with Crippen molar-refractivity contribution in [2.45, 2.75) is 90.0 Å². The van der Waals surface area contributed by atoms with Crippen molar-refractivity contribution in [3.05, 3.63) is 44.8 Å². The molecule has 0 spiro atoms. The van der Waals surface area contributed by atoms with Crippen LogP contribution in [0.25, 0.3) is 0 Å². The summed E-state index contributed by atoms with van der Waals surface area (Å²) < 4.78 is 14.3. The third kappa shape index (κ3) is 5.46. The molecule has 0 N–H and O–H groups in total. The van der Waals surface area contributed by atoms with E-state index < -0.39 is 16.6 Å². The van der Waals surface area contributed by atoms with E-state index in [1.165, 1.54) is 9.75 Å². The Morgan fingerprint density at radius 1 is 0.643 bits per heavy atom. The molecular weight excluding hydrogens is 417 g/mol. The standard InChI is InChI=1S/C22H38O2S2Si2/c1-7-27(8-2,9-3)23-21(19-15-13-17-25-19)22(20-16-14-18-26-20)24-28(10-4,11-5)12-6/h13-18,21-22H,7-12H2,1-6H3. The Balaban J connectivity index is 2.50. The lowest BCUT2D eigenvalue weighted by Crippen LogP contribution is -2.42. The number of rotatable bonds is 13. The molecule has 0 fully saturated rings. The molecule has 0 aliphatic rings. The number of hydrogen-bond acceptors (Lipinski definition) is 4. The molecule has 2 aromatic heterocycles. The van der Waals surface area contributed by atoms with Crippen LogP contribution < -0.4 is 0 Å². The summed E-state index contributed by atoms with van der Waals surface area (Å²) in [5.74, 6) is 0. The van der Waals surface area contributed by atoms with Gasteiger partial charge in [-0.25, -0.2) is 0 Å². The maximum Gasteiger partial charge on any atom is 0.193 e. The van der Waals surface area contributed by atoms with Gasteiger partial charge in [0.2, 0.25) is 0 Å². The molecule has 0 aliphatic heterocycles. The molecule has 2 heterocycles. The highest BCUT2D eigenvalue weighted by Crippen LogP contribution is 2.45. The monoisotopic (exact) mass is 454 g/mol. The predicted molar refractivity (Wildman–Crippen MR) is 131 cm³/mol. The van der Waals surface area contributed by atoms with Crippen LogP contribution in [0.15, 0.2) is 35.0 Å². The number of hydrogen-bond donors (Lipinski definition) is 0. The average molecular weight is 455 g/mol. The van der Waals surface area contributed by atoms with Crippen LogP contribution in [-0.4, -0.2) is 16.6 Å². The predicted octanol–water partition coefficient (Wildman–Crippen LogP) is 8.64. The molecule has 0 aromatic carbocycles. The topological polar surface area (TPSA) is 18.5 Å². The van der Waals surface area contributed by atoms with E-state index in [-0.39, 0.29) is 12.2 Å². The van der Waals surface area contributed by atoms with Gasteiger partial charge in [0.1, 0.15) is 12.2 Å². The van der Waals surface area contributed by atoms with Gasteiger partial charge in [-0.1, -0.05) is 53.7 Å². The first kappa shape index (κ1) is 24.0. The first-order valence-corrected chi connectivity index (χ1v) is 17.8. The fraction of sp³-hybridized carbons (Fsp3) is 0.636. The molecule has 0 saturated heterocycles. The second kappa shape index (κ2) is 11.2. The zero-order valence-electron chi connectivity index (χ0n) is 18.5. The minimum absolute atomic E-state index is 0.0155. The van der Waals surface area contributed by atoms with E-state index >= 15 is 0 Å². The Morgan fingerprint density at radius 2 is 0.964 bits per heavy atom.